The number of fused-ring (bicyclic) bond motifs is 2. The normalized spacial score (nSPS) is 26.6. The van der Waals surface area contributed by atoms with E-state index in [1.165, 1.54) is 0 Å². The quantitative estimate of drug-likeness (QED) is 0.515. The third-order valence-corrected chi connectivity index (χ3v) is 5.75. The maximum Gasteiger partial charge on any atom is 0.338 e. The molecule has 25 heavy (non-hydrogen) atoms. The van der Waals surface area contributed by atoms with Gasteiger partial charge >= 0.3 is 5.97 Å². The molecule has 2 saturated carbocycles. The molecule has 0 saturated heterocycles. The van der Waals surface area contributed by atoms with Gasteiger partial charge in [0, 0.05) is 11.6 Å². The van der Waals surface area contributed by atoms with Crippen LogP contribution in [0.2, 0.25) is 0 Å². The van der Waals surface area contributed by atoms with Crippen molar-refractivity contribution in [1.82, 2.24) is 0 Å². The maximum absolute atomic E-state index is 12.9. The zero-order valence-corrected chi connectivity index (χ0v) is 14.5. The number of rotatable bonds is 4. The molecule has 6 nitrogen and oxygen atoms in total. The van der Waals surface area contributed by atoms with E-state index in [9.17, 15) is 19.2 Å². The van der Waals surface area contributed by atoms with Crippen molar-refractivity contribution in [3.63, 3.8) is 0 Å². The molecule has 1 amide bonds. The minimum atomic E-state index is -1.30. The molecule has 0 heterocycles. The zero-order chi connectivity index (χ0) is 18.4. The van der Waals surface area contributed by atoms with Crippen LogP contribution in [0.1, 0.15) is 44.0 Å². The number of amides is 1. The van der Waals surface area contributed by atoms with E-state index < -0.39 is 34.3 Å². The second-order valence-corrected chi connectivity index (χ2v) is 7.16. The summed E-state index contributed by atoms with van der Waals surface area (Å²) < 4.78 is 4.91. The van der Waals surface area contributed by atoms with Crippen LogP contribution in [0.4, 0.5) is 5.69 Å². The Morgan fingerprint density at radius 2 is 1.84 bits per heavy atom. The molecule has 0 aliphatic heterocycles. The molecule has 1 aromatic rings. The van der Waals surface area contributed by atoms with Crippen LogP contribution >= 0.6 is 0 Å². The summed E-state index contributed by atoms with van der Waals surface area (Å²) in [4.78, 5) is 49.2. The van der Waals surface area contributed by atoms with Crippen LogP contribution in [0.5, 0.6) is 0 Å². The molecule has 2 unspecified atom stereocenters. The Morgan fingerprint density at radius 3 is 2.36 bits per heavy atom. The van der Waals surface area contributed by atoms with Gasteiger partial charge < -0.3 is 10.1 Å². The largest absolute Gasteiger partial charge is 0.462 e. The SMILES string of the molecule is CCOC(=O)c1ccc(NC(=O)C23CCC(C(=O)C2=O)C3(C)C)cc1. The van der Waals surface area contributed by atoms with Crippen molar-refractivity contribution >= 4 is 29.1 Å². The first-order valence-corrected chi connectivity index (χ1v) is 8.43. The summed E-state index contributed by atoms with van der Waals surface area (Å²) in [6.45, 7) is 5.64. The highest BCUT2D eigenvalue weighted by Crippen LogP contribution is 2.62. The monoisotopic (exact) mass is 343 g/mol. The Hall–Kier alpha value is -2.50. The molecule has 6 heteroatoms. The summed E-state index contributed by atoms with van der Waals surface area (Å²) in [5.74, 6) is -2.26. The fourth-order valence-corrected chi connectivity index (χ4v) is 4.23. The lowest BCUT2D eigenvalue weighted by Gasteiger charge is -2.33. The highest BCUT2D eigenvalue weighted by Gasteiger charge is 2.72. The Kier molecular flexibility index (Phi) is 4.01. The Labute approximate surface area is 145 Å². The van der Waals surface area contributed by atoms with Crippen LogP contribution in [0.15, 0.2) is 24.3 Å². The fraction of sp³-hybridized carbons (Fsp3) is 0.474. The van der Waals surface area contributed by atoms with E-state index in [1.54, 1.807) is 31.2 Å². The molecule has 2 bridgehead atoms. The average molecular weight is 343 g/mol. The van der Waals surface area contributed by atoms with Crippen LogP contribution in [0.25, 0.3) is 0 Å². The van der Waals surface area contributed by atoms with E-state index >= 15 is 0 Å². The van der Waals surface area contributed by atoms with Crippen molar-refractivity contribution in [3.8, 4) is 0 Å². The number of carbonyl (C=O) groups excluding carboxylic acids is 4. The molecule has 0 aromatic heterocycles. The minimum absolute atomic E-state index is 0.284. The fourth-order valence-electron chi connectivity index (χ4n) is 4.23. The minimum Gasteiger partial charge on any atom is -0.462 e. The number of carbonyl (C=O) groups is 4. The summed E-state index contributed by atoms with van der Waals surface area (Å²) >= 11 is 0. The van der Waals surface area contributed by atoms with E-state index in [1.807, 2.05) is 13.8 Å². The third-order valence-electron chi connectivity index (χ3n) is 5.75. The molecule has 2 atom stereocenters. The highest BCUT2D eigenvalue weighted by molar-refractivity contribution is 6.48. The van der Waals surface area contributed by atoms with Gasteiger partial charge in [0.05, 0.1) is 12.2 Å². The van der Waals surface area contributed by atoms with Gasteiger partial charge in [-0.25, -0.2) is 4.79 Å². The molecule has 3 rings (SSSR count). The number of ether oxygens (including phenoxy) is 1. The number of hydrogen-bond donors (Lipinski definition) is 1. The molecule has 0 spiro atoms. The zero-order valence-electron chi connectivity index (χ0n) is 14.5. The van der Waals surface area contributed by atoms with Crippen LogP contribution in [-0.2, 0) is 19.1 Å². The van der Waals surface area contributed by atoms with Crippen molar-refractivity contribution in [2.24, 2.45) is 16.7 Å². The molecular weight excluding hydrogens is 322 g/mol. The van der Waals surface area contributed by atoms with Gasteiger partial charge in [-0.3, -0.25) is 14.4 Å². The number of esters is 1. The lowest BCUT2D eigenvalue weighted by Crippen LogP contribution is -2.47. The second-order valence-electron chi connectivity index (χ2n) is 7.16. The van der Waals surface area contributed by atoms with E-state index in [0.717, 1.165) is 0 Å². The van der Waals surface area contributed by atoms with Crippen molar-refractivity contribution < 1.29 is 23.9 Å². The first-order valence-electron chi connectivity index (χ1n) is 8.43. The molecular formula is C19H21NO5. The van der Waals surface area contributed by atoms with Gasteiger partial charge in [0.1, 0.15) is 5.41 Å². The Morgan fingerprint density at radius 1 is 1.20 bits per heavy atom. The van der Waals surface area contributed by atoms with Crippen LogP contribution in [0, 0.1) is 16.7 Å². The standard InChI is InChI=1S/C19H21NO5/c1-4-25-16(23)11-5-7-12(8-6-11)20-17(24)19-10-9-13(18(19,2)3)14(21)15(19)22/h5-8,13H,4,9-10H2,1-3H3,(H,20,24). The number of hydrogen-bond acceptors (Lipinski definition) is 5. The molecule has 0 radical (unpaired) electrons. The molecule has 2 aliphatic rings. The predicted octanol–water partition coefficient (Wildman–Crippen LogP) is 2.38. The van der Waals surface area contributed by atoms with Gasteiger partial charge in [0.2, 0.25) is 17.5 Å². The number of nitrogens with one attached hydrogen (secondary N) is 1. The van der Waals surface area contributed by atoms with Crippen molar-refractivity contribution in [2.75, 3.05) is 11.9 Å². The van der Waals surface area contributed by atoms with Gasteiger partial charge in [0.25, 0.3) is 0 Å². The smallest absolute Gasteiger partial charge is 0.338 e. The second kappa shape index (κ2) is 5.79. The van der Waals surface area contributed by atoms with Gasteiger partial charge in [0.15, 0.2) is 0 Å². The molecule has 2 fully saturated rings. The van der Waals surface area contributed by atoms with E-state index in [2.05, 4.69) is 5.32 Å². The molecule has 1 N–H and O–H groups in total. The van der Waals surface area contributed by atoms with E-state index in [4.69, 9.17) is 4.74 Å². The number of ketones is 2. The summed E-state index contributed by atoms with van der Waals surface area (Å²) in [6.07, 6.45) is 0.953. The summed E-state index contributed by atoms with van der Waals surface area (Å²) in [5.41, 5.74) is -1.13. The topological polar surface area (TPSA) is 89.5 Å². The van der Waals surface area contributed by atoms with Crippen molar-refractivity contribution in [2.45, 2.75) is 33.6 Å². The maximum atomic E-state index is 12.9. The number of Topliss-reactive ketones (excluding diaryl/α,β-unsaturated/α-hetero) is 2. The average Bonchev–Trinajstić information content (AvgIpc) is 2.92. The summed E-state index contributed by atoms with van der Waals surface area (Å²) in [7, 11) is 0. The molecule has 2 aliphatic carbocycles. The highest BCUT2D eigenvalue weighted by atomic mass is 16.5. The van der Waals surface area contributed by atoms with Gasteiger partial charge in [-0.2, -0.15) is 0 Å². The molecule has 132 valence electrons. The van der Waals surface area contributed by atoms with Gasteiger partial charge in [-0.15, -0.1) is 0 Å². The summed E-state index contributed by atoms with van der Waals surface area (Å²) in [6, 6.07) is 6.27. The van der Waals surface area contributed by atoms with Crippen molar-refractivity contribution in [1.29, 1.82) is 0 Å². The lowest BCUT2D eigenvalue weighted by molar-refractivity contribution is -0.147. The van der Waals surface area contributed by atoms with Gasteiger partial charge in [-0.05, 0) is 49.4 Å². The lowest BCUT2D eigenvalue weighted by atomic mass is 9.68. The third kappa shape index (κ3) is 2.31. The first-order chi connectivity index (χ1) is 11.8. The van der Waals surface area contributed by atoms with Gasteiger partial charge in [-0.1, -0.05) is 13.8 Å². The Balaban J connectivity index is 1.82. The van der Waals surface area contributed by atoms with E-state index in [0.29, 0.717) is 24.1 Å². The number of anilines is 1. The number of benzene rings is 1. The Bertz CT molecular complexity index is 765. The summed E-state index contributed by atoms with van der Waals surface area (Å²) in [5, 5.41) is 2.74. The van der Waals surface area contributed by atoms with E-state index in [-0.39, 0.29) is 12.5 Å². The molecule has 1 aromatic carbocycles. The van der Waals surface area contributed by atoms with Crippen LogP contribution in [-0.4, -0.2) is 30.0 Å². The predicted molar refractivity (Wildman–Crippen MR) is 90.0 cm³/mol. The van der Waals surface area contributed by atoms with Crippen LogP contribution < -0.4 is 5.32 Å². The van der Waals surface area contributed by atoms with Crippen molar-refractivity contribution in [3.05, 3.63) is 29.8 Å². The first kappa shape index (κ1) is 17.3. The van der Waals surface area contributed by atoms with Crippen LogP contribution in [0.3, 0.4) is 0 Å².